The summed E-state index contributed by atoms with van der Waals surface area (Å²) in [7, 11) is 3.88. The molecule has 3 aromatic rings. The van der Waals surface area contributed by atoms with Crippen molar-refractivity contribution >= 4 is 5.91 Å². The lowest BCUT2D eigenvalue weighted by Crippen LogP contribution is -2.34. The summed E-state index contributed by atoms with van der Waals surface area (Å²) in [5, 5.41) is 2.98. The molecule has 0 bridgehead atoms. The molecule has 4 heteroatoms. The van der Waals surface area contributed by atoms with Gasteiger partial charge in [-0.05, 0) is 55.1 Å². The van der Waals surface area contributed by atoms with Gasteiger partial charge in [0.2, 0.25) is 0 Å². The molecule has 0 saturated heterocycles. The van der Waals surface area contributed by atoms with Crippen LogP contribution in [0.5, 0.6) is 0 Å². The number of hydrogen-bond donors (Lipinski definition) is 1. The average Bonchev–Trinajstić information content (AvgIpc) is 2.70. The van der Waals surface area contributed by atoms with Gasteiger partial charge >= 0.3 is 0 Å². The van der Waals surface area contributed by atoms with E-state index in [2.05, 4.69) is 5.32 Å². The molecule has 138 valence electrons. The minimum atomic E-state index is -0.265. The number of carbonyl (C=O) groups excluding carboxylic acids is 1. The van der Waals surface area contributed by atoms with Crippen LogP contribution in [-0.4, -0.2) is 31.4 Å². The third-order valence-corrected chi connectivity index (χ3v) is 4.59. The lowest BCUT2D eigenvalue weighted by atomic mass is 10.0. The van der Waals surface area contributed by atoms with Crippen LogP contribution in [0.2, 0.25) is 0 Å². The Labute approximate surface area is 159 Å². The van der Waals surface area contributed by atoms with Crippen molar-refractivity contribution in [3.63, 3.8) is 0 Å². The number of rotatable bonds is 6. The molecular weight excluding hydrogens is 339 g/mol. The van der Waals surface area contributed by atoms with E-state index in [0.717, 1.165) is 16.7 Å². The quantitative estimate of drug-likeness (QED) is 0.699. The fourth-order valence-corrected chi connectivity index (χ4v) is 3.02. The van der Waals surface area contributed by atoms with Crippen molar-refractivity contribution in [2.24, 2.45) is 0 Å². The van der Waals surface area contributed by atoms with Gasteiger partial charge in [-0.15, -0.1) is 0 Å². The predicted molar refractivity (Wildman–Crippen MR) is 107 cm³/mol. The normalized spacial score (nSPS) is 12.0. The van der Waals surface area contributed by atoms with Crippen LogP contribution in [0.1, 0.15) is 22.0 Å². The highest BCUT2D eigenvalue weighted by Gasteiger charge is 2.16. The largest absolute Gasteiger partial charge is 0.350 e. The molecule has 3 nitrogen and oxygen atoms in total. The Bertz CT molecular complexity index is 875. The highest BCUT2D eigenvalue weighted by molar-refractivity contribution is 5.94. The number of halogens is 1. The van der Waals surface area contributed by atoms with Gasteiger partial charge in [-0.25, -0.2) is 4.39 Å². The molecule has 0 fully saturated rings. The van der Waals surface area contributed by atoms with Crippen molar-refractivity contribution in [1.29, 1.82) is 0 Å². The third kappa shape index (κ3) is 4.80. The minimum absolute atomic E-state index is 0.0295. The van der Waals surface area contributed by atoms with Crippen LogP contribution >= 0.6 is 0 Å². The first-order chi connectivity index (χ1) is 13.0. The van der Waals surface area contributed by atoms with E-state index in [9.17, 15) is 9.18 Å². The maximum Gasteiger partial charge on any atom is 0.251 e. The van der Waals surface area contributed by atoms with Crippen LogP contribution in [0.4, 0.5) is 4.39 Å². The zero-order valence-corrected chi connectivity index (χ0v) is 15.5. The molecule has 0 spiro atoms. The zero-order chi connectivity index (χ0) is 19.2. The molecule has 0 aliphatic rings. The van der Waals surface area contributed by atoms with E-state index in [1.54, 1.807) is 12.1 Å². The predicted octanol–water partition coefficient (Wildman–Crippen LogP) is 4.53. The first-order valence-electron chi connectivity index (χ1n) is 8.90. The first-order valence-corrected chi connectivity index (χ1v) is 8.90. The van der Waals surface area contributed by atoms with E-state index in [1.807, 2.05) is 73.6 Å². The Balaban J connectivity index is 1.66. The number of carbonyl (C=O) groups is 1. The summed E-state index contributed by atoms with van der Waals surface area (Å²) < 4.78 is 13.2. The van der Waals surface area contributed by atoms with Crippen molar-refractivity contribution in [3.8, 4) is 11.1 Å². The number of likely N-dealkylation sites (N-methyl/N-ethyl adjacent to an activating group) is 1. The maximum atomic E-state index is 13.2. The Kier molecular flexibility index (Phi) is 5.99. The van der Waals surface area contributed by atoms with Crippen molar-refractivity contribution in [3.05, 3.63) is 95.8 Å². The summed E-state index contributed by atoms with van der Waals surface area (Å²) in [6, 6.07) is 24.0. The number of amides is 1. The SMILES string of the molecule is CN(C)[C@H](CNC(=O)c1ccc(-c2ccccc2)cc1)c1ccc(F)cc1. The standard InChI is InChI=1S/C23H23FN2O/c1-26(2)22(19-12-14-21(24)15-13-19)16-25-23(27)20-10-8-18(9-11-20)17-6-4-3-5-7-17/h3-15,22H,16H2,1-2H3,(H,25,27)/t22-/m1/s1. The second-order valence-corrected chi connectivity index (χ2v) is 6.68. The number of benzene rings is 3. The fourth-order valence-electron chi connectivity index (χ4n) is 3.02. The topological polar surface area (TPSA) is 32.3 Å². The van der Waals surface area contributed by atoms with Gasteiger partial charge in [-0.1, -0.05) is 54.6 Å². The van der Waals surface area contributed by atoms with Crippen LogP contribution in [0.25, 0.3) is 11.1 Å². The van der Waals surface area contributed by atoms with E-state index in [-0.39, 0.29) is 17.8 Å². The van der Waals surface area contributed by atoms with E-state index in [1.165, 1.54) is 12.1 Å². The molecule has 3 aromatic carbocycles. The number of nitrogens with one attached hydrogen (secondary N) is 1. The average molecular weight is 362 g/mol. The molecule has 0 saturated carbocycles. The highest BCUT2D eigenvalue weighted by atomic mass is 19.1. The molecule has 0 radical (unpaired) electrons. The van der Waals surface area contributed by atoms with Gasteiger partial charge in [-0.3, -0.25) is 4.79 Å². The van der Waals surface area contributed by atoms with Gasteiger partial charge in [0.05, 0.1) is 6.04 Å². The molecule has 27 heavy (non-hydrogen) atoms. The minimum Gasteiger partial charge on any atom is -0.350 e. The number of hydrogen-bond acceptors (Lipinski definition) is 2. The summed E-state index contributed by atoms with van der Waals surface area (Å²) in [5.41, 5.74) is 3.77. The fraction of sp³-hybridized carbons (Fsp3) is 0.174. The second kappa shape index (κ2) is 8.60. The molecule has 0 unspecified atom stereocenters. The Morgan fingerprint density at radius 1 is 0.889 bits per heavy atom. The van der Waals surface area contributed by atoms with Gasteiger partial charge in [0.1, 0.15) is 5.82 Å². The van der Waals surface area contributed by atoms with Crippen LogP contribution in [-0.2, 0) is 0 Å². The zero-order valence-electron chi connectivity index (χ0n) is 15.5. The molecule has 3 rings (SSSR count). The lowest BCUT2D eigenvalue weighted by Gasteiger charge is -2.25. The summed E-state index contributed by atoms with van der Waals surface area (Å²) in [6.45, 7) is 0.442. The van der Waals surface area contributed by atoms with Crippen LogP contribution in [0.3, 0.4) is 0 Å². The molecule has 0 aliphatic carbocycles. The van der Waals surface area contributed by atoms with E-state index in [4.69, 9.17) is 0 Å². The molecule has 0 aliphatic heterocycles. The van der Waals surface area contributed by atoms with E-state index in [0.29, 0.717) is 12.1 Å². The van der Waals surface area contributed by atoms with Gasteiger partial charge in [0, 0.05) is 12.1 Å². The molecule has 1 atom stereocenters. The van der Waals surface area contributed by atoms with Crippen molar-refractivity contribution in [2.75, 3.05) is 20.6 Å². The smallest absolute Gasteiger partial charge is 0.251 e. The maximum absolute atomic E-state index is 13.2. The molecular formula is C23H23FN2O. The summed E-state index contributed by atoms with van der Waals surface area (Å²) in [5.74, 6) is -0.387. The molecule has 1 amide bonds. The Morgan fingerprint density at radius 3 is 2.07 bits per heavy atom. The Morgan fingerprint density at radius 2 is 1.48 bits per heavy atom. The second-order valence-electron chi connectivity index (χ2n) is 6.68. The summed E-state index contributed by atoms with van der Waals surface area (Å²) in [4.78, 5) is 14.5. The van der Waals surface area contributed by atoms with Crippen molar-refractivity contribution < 1.29 is 9.18 Å². The van der Waals surface area contributed by atoms with E-state index >= 15 is 0 Å². The van der Waals surface area contributed by atoms with Crippen LogP contribution in [0, 0.1) is 5.82 Å². The van der Waals surface area contributed by atoms with Gasteiger partial charge in [0.25, 0.3) is 5.91 Å². The van der Waals surface area contributed by atoms with Crippen molar-refractivity contribution in [1.82, 2.24) is 10.2 Å². The summed E-state index contributed by atoms with van der Waals surface area (Å²) >= 11 is 0. The summed E-state index contributed by atoms with van der Waals surface area (Å²) in [6.07, 6.45) is 0. The lowest BCUT2D eigenvalue weighted by molar-refractivity contribution is 0.0942. The van der Waals surface area contributed by atoms with Gasteiger partial charge < -0.3 is 10.2 Å². The Hall–Kier alpha value is -2.98. The monoisotopic (exact) mass is 362 g/mol. The number of nitrogens with zero attached hydrogens (tertiary/aromatic N) is 1. The van der Waals surface area contributed by atoms with Crippen LogP contribution < -0.4 is 5.32 Å². The van der Waals surface area contributed by atoms with Crippen molar-refractivity contribution in [2.45, 2.75) is 6.04 Å². The van der Waals surface area contributed by atoms with Crippen LogP contribution in [0.15, 0.2) is 78.9 Å². The van der Waals surface area contributed by atoms with Gasteiger partial charge in [-0.2, -0.15) is 0 Å². The molecule has 0 aromatic heterocycles. The first kappa shape index (κ1) is 18.8. The van der Waals surface area contributed by atoms with E-state index < -0.39 is 0 Å². The van der Waals surface area contributed by atoms with Gasteiger partial charge in [0.15, 0.2) is 0 Å². The highest BCUT2D eigenvalue weighted by Crippen LogP contribution is 2.20. The molecule has 0 heterocycles. The molecule has 1 N–H and O–H groups in total. The third-order valence-electron chi connectivity index (χ3n) is 4.59.